The Morgan fingerprint density at radius 3 is 2.48 bits per heavy atom. The third-order valence-electron chi connectivity index (χ3n) is 6.10. The molecule has 1 saturated heterocycles. The highest BCUT2D eigenvalue weighted by atomic mass is 16.5. The van der Waals surface area contributed by atoms with Crippen LogP contribution in [-0.4, -0.2) is 34.7 Å². The van der Waals surface area contributed by atoms with Gasteiger partial charge in [-0.2, -0.15) is 0 Å². The average molecular weight is 449 g/mol. The summed E-state index contributed by atoms with van der Waals surface area (Å²) in [4.78, 5) is 2.15. The van der Waals surface area contributed by atoms with Gasteiger partial charge in [-0.15, -0.1) is 0 Å². The first-order valence-electron chi connectivity index (χ1n) is 14.7. The van der Waals surface area contributed by atoms with Crippen molar-refractivity contribution in [3.05, 3.63) is 88.9 Å². The second kappa shape index (κ2) is 8.95. The lowest BCUT2D eigenvalue weighted by Crippen LogP contribution is -2.47. The lowest BCUT2D eigenvalue weighted by Gasteiger charge is -2.39. The molecule has 3 aromatic carbocycles. The minimum atomic E-state index is -2.60. The molecule has 0 spiro atoms. The van der Waals surface area contributed by atoms with E-state index < -0.39 is 19.3 Å². The molecule has 0 bridgehead atoms. The number of benzene rings is 3. The molecule has 0 radical (unpaired) electrons. The number of allylic oxidation sites excluding steroid dienone is 1. The molecule has 0 aromatic heterocycles. The summed E-state index contributed by atoms with van der Waals surface area (Å²) in [7, 11) is 0. The highest BCUT2D eigenvalue weighted by Gasteiger charge is 2.30. The van der Waals surface area contributed by atoms with Crippen molar-refractivity contribution in [2.75, 3.05) is 19.6 Å². The molecule has 2 heterocycles. The lowest BCUT2D eigenvalue weighted by molar-refractivity contribution is 0.101. The Labute approximate surface area is 205 Å². The van der Waals surface area contributed by atoms with Crippen LogP contribution >= 0.6 is 0 Å². The van der Waals surface area contributed by atoms with Gasteiger partial charge in [0.05, 0.1) is 2.74 Å². The predicted molar refractivity (Wildman–Crippen MR) is 132 cm³/mol. The zero-order valence-corrected chi connectivity index (χ0v) is 18.4. The van der Waals surface area contributed by atoms with Gasteiger partial charge >= 0.3 is 0 Å². The molecule has 4 nitrogen and oxygen atoms in total. The van der Waals surface area contributed by atoms with Gasteiger partial charge in [-0.25, -0.2) is 0 Å². The first-order valence-corrected chi connectivity index (χ1v) is 11.2. The van der Waals surface area contributed by atoms with E-state index in [2.05, 4.69) is 11.8 Å². The summed E-state index contributed by atoms with van der Waals surface area (Å²) < 4.78 is 66.6. The fourth-order valence-corrected chi connectivity index (χ4v) is 4.44. The van der Waals surface area contributed by atoms with Gasteiger partial charge in [0.2, 0.25) is 0 Å². The summed E-state index contributed by atoms with van der Waals surface area (Å²) in [6.45, 7) is 1.46. The van der Waals surface area contributed by atoms with E-state index in [1.165, 1.54) is 42.5 Å². The van der Waals surface area contributed by atoms with Gasteiger partial charge in [0.25, 0.3) is 0 Å². The Morgan fingerprint density at radius 1 is 1.06 bits per heavy atom. The van der Waals surface area contributed by atoms with Crippen molar-refractivity contribution in [3.63, 3.8) is 0 Å². The maximum absolute atomic E-state index is 10.1. The summed E-state index contributed by atoms with van der Waals surface area (Å²) in [5.74, 6) is -0.311. The minimum Gasteiger partial charge on any atom is -0.508 e. The van der Waals surface area contributed by atoms with Crippen molar-refractivity contribution in [3.8, 4) is 17.2 Å². The van der Waals surface area contributed by atoms with Crippen LogP contribution in [0.25, 0.3) is 11.1 Å². The van der Waals surface area contributed by atoms with Crippen LogP contribution in [0.4, 0.5) is 0 Å². The van der Waals surface area contributed by atoms with Crippen LogP contribution < -0.4 is 4.74 Å². The summed E-state index contributed by atoms with van der Waals surface area (Å²) in [6.07, 6.45) is -2.00. The van der Waals surface area contributed by atoms with Gasteiger partial charge < -0.3 is 19.8 Å². The molecule has 1 atom stereocenters. The maximum atomic E-state index is 10.1. The van der Waals surface area contributed by atoms with Crippen molar-refractivity contribution < 1.29 is 24.5 Å². The van der Waals surface area contributed by atoms with Crippen LogP contribution in [0.3, 0.4) is 0 Å². The quantitative estimate of drug-likeness (QED) is 0.482. The Kier molecular flexibility index (Phi) is 4.02. The van der Waals surface area contributed by atoms with E-state index in [0.717, 1.165) is 13.0 Å². The molecule has 2 aliphatic heterocycles. The van der Waals surface area contributed by atoms with Crippen LogP contribution in [-0.2, 0) is 6.37 Å². The minimum absolute atomic E-state index is 0.000328. The molecule has 1 unspecified atom stereocenters. The topological polar surface area (TPSA) is 52.9 Å². The number of hydrogen-bond donors (Lipinski definition) is 2. The number of phenolic OH excluding ortho intramolecular Hbond substituents is 2. The SMILES string of the molecule is [2H]c1cc(C2Oc3cc(O)ccc3C(C([2H])([2H])[2H])=C2c2ccc(O)cc2)cc([2H])c1C([2H])([2H])C1CN(CCC)C1. The smallest absolute Gasteiger partial charge is 0.150 e. The zero-order chi connectivity index (χ0) is 29.0. The fraction of sp³-hybridized carbons (Fsp3) is 0.310. The Balaban J connectivity index is 1.65. The van der Waals surface area contributed by atoms with Gasteiger partial charge in [-0.3, -0.25) is 0 Å². The molecular formula is C29H31NO3. The van der Waals surface area contributed by atoms with Crippen molar-refractivity contribution >= 4 is 11.1 Å². The third kappa shape index (κ3) is 4.36. The van der Waals surface area contributed by atoms with Crippen LogP contribution in [0, 0.1) is 5.92 Å². The van der Waals surface area contributed by atoms with Crippen molar-refractivity contribution in [1.82, 2.24) is 4.90 Å². The number of phenols is 2. The van der Waals surface area contributed by atoms with Gasteiger partial charge in [0.15, 0.2) is 0 Å². The summed E-state index contributed by atoms with van der Waals surface area (Å²) in [5, 5.41) is 20.0. The largest absolute Gasteiger partial charge is 0.508 e. The van der Waals surface area contributed by atoms with E-state index in [4.69, 9.17) is 14.3 Å². The molecule has 0 amide bonds. The van der Waals surface area contributed by atoms with Crippen LogP contribution in [0.2, 0.25) is 0 Å². The van der Waals surface area contributed by atoms with E-state index in [1.54, 1.807) is 12.1 Å². The number of likely N-dealkylation sites (tertiary alicyclic amines) is 1. The molecule has 1 fully saturated rings. The highest BCUT2D eigenvalue weighted by molar-refractivity contribution is 5.95. The second-order valence-corrected chi connectivity index (χ2v) is 8.57. The van der Waals surface area contributed by atoms with Crippen LogP contribution in [0.15, 0.2) is 66.7 Å². The van der Waals surface area contributed by atoms with Gasteiger partial charge in [-0.05, 0) is 78.6 Å². The lowest BCUT2D eigenvalue weighted by atomic mass is 9.85. The first kappa shape index (κ1) is 14.8. The number of ether oxygens (including phenoxy) is 1. The molecule has 2 aliphatic rings. The van der Waals surface area contributed by atoms with Gasteiger partial charge in [-0.1, -0.05) is 43.3 Å². The maximum Gasteiger partial charge on any atom is 0.150 e. The van der Waals surface area contributed by atoms with Crippen LogP contribution in [0.1, 0.15) is 58.1 Å². The summed E-state index contributed by atoms with van der Waals surface area (Å²) in [6, 6.07) is 12.8. The number of hydrogen-bond acceptors (Lipinski definition) is 4. The fourth-order valence-electron chi connectivity index (χ4n) is 4.44. The van der Waals surface area contributed by atoms with Crippen LogP contribution in [0.5, 0.6) is 17.2 Å². The first-order chi connectivity index (χ1) is 18.8. The zero-order valence-electron chi connectivity index (χ0n) is 25.4. The predicted octanol–water partition coefficient (Wildman–Crippen LogP) is 6.05. The van der Waals surface area contributed by atoms with Gasteiger partial charge in [0.1, 0.15) is 23.4 Å². The normalized spacial score (nSPS) is 22.5. The standard InChI is InChI=1S/C29H31NO3/c1-3-14-30-17-21(18-30)15-20-4-6-23(7-5-20)29-28(22-8-10-24(31)11-9-22)19(2)26-13-12-25(32)16-27(26)33-29/h4-13,16,21,29,31-32H,3,14-15,17-18H2,1-2H3/i2D3,4D,5D,15D2. The van der Waals surface area contributed by atoms with Crippen molar-refractivity contribution in [2.45, 2.75) is 32.7 Å². The van der Waals surface area contributed by atoms with E-state index >= 15 is 0 Å². The Hall–Kier alpha value is -3.24. The number of fused-ring (bicyclic) bond motifs is 1. The molecule has 5 rings (SSSR count). The molecular weight excluding hydrogens is 410 g/mol. The Bertz CT molecular complexity index is 1440. The number of rotatable bonds is 6. The summed E-state index contributed by atoms with van der Waals surface area (Å²) in [5.41, 5.74) is 1.33. The number of nitrogens with zero attached hydrogens (tertiary/aromatic N) is 1. The highest BCUT2D eigenvalue weighted by Crippen LogP contribution is 2.47. The molecule has 0 saturated carbocycles. The molecule has 0 aliphatic carbocycles. The van der Waals surface area contributed by atoms with Crippen molar-refractivity contribution in [2.24, 2.45) is 5.92 Å². The second-order valence-electron chi connectivity index (χ2n) is 8.57. The molecule has 33 heavy (non-hydrogen) atoms. The molecule has 3 aromatic rings. The Morgan fingerprint density at radius 2 is 1.79 bits per heavy atom. The summed E-state index contributed by atoms with van der Waals surface area (Å²) >= 11 is 0. The van der Waals surface area contributed by atoms with E-state index in [-0.39, 0.29) is 57.5 Å². The van der Waals surface area contributed by atoms with Crippen molar-refractivity contribution in [1.29, 1.82) is 0 Å². The average Bonchev–Trinajstić information content (AvgIpc) is 2.83. The van der Waals surface area contributed by atoms with Gasteiger partial charge in [0, 0.05) is 37.1 Å². The molecule has 170 valence electrons. The van der Waals surface area contributed by atoms with E-state index in [1.807, 2.05) is 0 Å². The van der Waals surface area contributed by atoms with E-state index in [9.17, 15) is 10.2 Å². The molecule has 4 heteroatoms. The molecule has 2 N–H and O–H groups in total. The monoisotopic (exact) mass is 448 g/mol. The number of aromatic hydroxyl groups is 2. The van der Waals surface area contributed by atoms with E-state index in [0.29, 0.717) is 24.2 Å². The third-order valence-corrected chi connectivity index (χ3v) is 6.10.